The molecule has 0 aliphatic rings. The van der Waals surface area contributed by atoms with Crippen LogP contribution >= 0.6 is 0 Å². The Balaban J connectivity index is 1.93. The molecule has 8 nitrogen and oxygen atoms in total. The number of fused-ring (bicyclic) bond motifs is 1. The van der Waals surface area contributed by atoms with Crippen molar-refractivity contribution in [2.24, 2.45) is 10.2 Å². The first kappa shape index (κ1) is 18.2. The van der Waals surface area contributed by atoms with Crippen molar-refractivity contribution >= 4 is 22.6 Å². The molecule has 0 spiro atoms. The molecule has 138 valence electrons. The van der Waals surface area contributed by atoms with Crippen LogP contribution in [0, 0.1) is 0 Å². The highest BCUT2D eigenvalue weighted by Gasteiger charge is 2.25. The highest BCUT2D eigenvalue weighted by molar-refractivity contribution is 6.03. The number of carbonyl (C=O) groups is 2. The largest absolute Gasteiger partial charge is 0.494 e. The molecule has 0 fully saturated rings. The van der Waals surface area contributed by atoms with Gasteiger partial charge in [-0.2, -0.15) is 0 Å². The summed E-state index contributed by atoms with van der Waals surface area (Å²) in [6, 6.07) is 7.31. The number of carbonyl (C=O) groups excluding carboxylic acids is 2. The van der Waals surface area contributed by atoms with Gasteiger partial charge in [0.15, 0.2) is 0 Å². The van der Waals surface area contributed by atoms with Gasteiger partial charge in [-0.15, -0.1) is 10.2 Å². The molecule has 0 saturated carbocycles. The molecule has 0 atom stereocenters. The number of pyridine rings is 1. The second-order valence-corrected chi connectivity index (χ2v) is 6.96. The minimum absolute atomic E-state index is 0.0940. The van der Waals surface area contributed by atoms with Gasteiger partial charge < -0.3 is 10.2 Å². The second-order valence-electron chi connectivity index (χ2n) is 6.96. The van der Waals surface area contributed by atoms with E-state index in [0.29, 0.717) is 10.8 Å². The van der Waals surface area contributed by atoms with Crippen LogP contribution in [0.2, 0.25) is 0 Å². The van der Waals surface area contributed by atoms with E-state index in [1.54, 1.807) is 0 Å². The molecular weight excluding hydrogens is 348 g/mol. The van der Waals surface area contributed by atoms with E-state index in [2.05, 4.69) is 15.2 Å². The number of nitrogens with zero attached hydrogens (tertiary/aromatic N) is 4. The van der Waals surface area contributed by atoms with Gasteiger partial charge >= 0.3 is 0 Å². The Kier molecular flexibility index (Phi) is 4.49. The van der Waals surface area contributed by atoms with Crippen molar-refractivity contribution in [2.75, 3.05) is 0 Å². The molecule has 8 heteroatoms. The van der Waals surface area contributed by atoms with Gasteiger partial charge in [0.1, 0.15) is 0 Å². The highest BCUT2D eigenvalue weighted by Crippen LogP contribution is 2.40. The summed E-state index contributed by atoms with van der Waals surface area (Å²) in [5.41, 5.74) is -0.162. The van der Waals surface area contributed by atoms with E-state index in [1.165, 1.54) is 47.3 Å². The summed E-state index contributed by atoms with van der Waals surface area (Å²) >= 11 is 0. The number of aromatic nitrogens is 2. The fraction of sp³-hybridized carbons (Fsp3) is 0.211. The first-order valence-corrected chi connectivity index (χ1v) is 8.17. The van der Waals surface area contributed by atoms with E-state index in [1.807, 2.05) is 20.8 Å². The van der Waals surface area contributed by atoms with Crippen LogP contribution in [0.5, 0.6) is 11.8 Å². The molecule has 0 radical (unpaired) electrons. The van der Waals surface area contributed by atoms with Crippen molar-refractivity contribution in [3.05, 3.63) is 53.9 Å². The Hall–Kier alpha value is -3.55. The lowest BCUT2D eigenvalue weighted by atomic mass is 10.1. The van der Waals surface area contributed by atoms with Crippen LogP contribution in [0.4, 0.5) is 0 Å². The SMILES string of the molecule is CC(C)(C)n1c(O)c2ccc(C(=O)N=NC(=O)c3ccncc3)cc2c1O. The molecule has 0 aliphatic heterocycles. The van der Waals surface area contributed by atoms with Gasteiger partial charge in [-0.3, -0.25) is 19.1 Å². The van der Waals surface area contributed by atoms with Crippen LogP contribution in [-0.2, 0) is 5.54 Å². The molecule has 27 heavy (non-hydrogen) atoms. The van der Waals surface area contributed by atoms with Crippen LogP contribution in [-0.4, -0.2) is 31.6 Å². The topological polar surface area (TPSA) is 117 Å². The summed E-state index contributed by atoms with van der Waals surface area (Å²) in [5.74, 6) is -1.65. The molecule has 3 rings (SSSR count). The number of azo groups is 1. The van der Waals surface area contributed by atoms with E-state index in [9.17, 15) is 19.8 Å². The van der Waals surface area contributed by atoms with E-state index < -0.39 is 17.4 Å². The molecule has 2 heterocycles. The van der Waals surface area contributed by atoms with Crippen molar-refractivity contribution in [2.45, 2.75) is 26.3 Å². The van der Waals surface area contributed by atoms with Crippen LogP contribution < -0.4 is 0 Å². The summed E-state index contributed by atoms with van der Waals surface area (Å²) in [7, 11) is 0. The summed E-state index contributed by atoms with van der Waals surface area (Å²) in [4.78, 5) is 27.9. The summed E-state index contributed by atoms with van der Waals surface area (Å²) in [6.07, 6.45) is 2.88. The quantitative estimate of drug-likeness (QED) is 0.672. The number of hydrogen-bond donors (Lipinski definition) is 2. The lowest BCUT2D eigenvalue weighted by molar-refractivity contribution is 0.0947. The number of aromatic hydroxyl groups is 2. The van der Waals surface area contributed by atoms with Crippen molar-refractivity contribution in [3.8, 4) is 11.8 Å². The van der Waals surface area contributed by atoms with Crippen LogP contribution in [0.15, 0.2) is 53.0 Å². The number of benzene rings is 1. The maximum absolute atomic E-state index is 12.2. The predicted octanol–water partition coefficient (Wildman–Crippen LogP) is 3.64. The molecule has 2 N–H and O–H groups in total. The molecular formula is C19H18N4O4. The Morgan fingerprint density at radius 3 is 2.04 bits per heavy atom. The van der Waals surface area contributed by atoms with Crippen molar-refractivity contribution in [3.63, 3.8) is 0 Å². The number of amides is 2. The lowest BCUT2D eigenvalue weighted by Crippen LogP contribution is -2.20. The minimum atomic E-state index is -0.735. The van der Waals surface area contributed by atoms with E-state index in [4.69, 9.17) is 0 Å². The monoisotopic (exact) mass is 366 g/mol. The standard InChI is InChI=1S/C19H18N4O4/c1-19(2,3)23-17(26)13-5-4-12(10-14(13)18(23)27)16(25)22-21-15(24)11-6-8-20-9-7-11/h4-10,26-27H,1-3H3. The summed E-state index contributed by atoms with van der Waals surface area (Å²) in [6.45, 7) is 5.49. The predicted molar refractivity (Wildman–Crippen MR) is 98.0 cm³/mol. The van der Waals surface area contributed by atoms with Gasteiger partial charge in [0, 0.05) is 39.8 Å². The van der Waals surface area contributed by atoms with Gasteiger partial charge in [-0.1, -0.05) is 0 Å². The number of hydrogen-bond acceptors (Lipinski definition) is 5. The van der Waals surface area contributed by atoms with Gasteiger partial charge in [-0.25, -0.2) is 0 Å². The smallest absolute Gasteiger partial charge is 0.295 e. The molecule has 0 aliphatic carbocycles. The molecule has 1 aromatic carbocycles. The molecule has 0 saturated heterocycles. The summed E-state index contributed by atoms with van der Waals surface area (Å²) < 4.78 is 1.38. The van der Waals surface area contributed by atoms with Crippen LogP contribution in [0.1, 0.15) is 41.5 Å². The Morgan fingerprint density at radius 2 is 1.44 bits per heavy atom. The van der Waals surface area contributed by atoms with Gasteiger partial charge in [0.05, 0.1) is 0 Å². The molecule has 0 bridgehead atoms. The zero-order valence-corrected chi connectivity index (χ0v) is 15.0. The van der Waals surface area contributed by atoms with Crippen molar-refractivity contribution < 1.29 is 19.8 Å². The van der Waals surface area contributed by atoms with Gasteiger partial charge in [-0.05, 0) is 51.1 Å². The first-order chi connectivity index (χ1) is 12.7. The average Bonchev–Trinajstić information content (AvgIpc) is 2.90. The third-order valence-corrected chi connectivity index (χ3v) is 4.00. The van der Waals surface area contributed by atoms with Crippen molar-refractivity contribution in [1.82, 2.24) is 9.55 Å². The zero-order chi connectivity index (χ0) is 19.8. The van der Waals surface area contributed by atoms with E-state index in [-0.39, 0.29) is 22.9 Å². The van der Waals surface area contributed by atoms with Crippen LogP contribution in [0.3, 0.4) is 0 Å². The fourth-order valence-electron chi connectivity index (χ4n) is 2.73. The van der Waals surface area contributed by atoms with Gasteiger partial charge in [0.2, 0.25) is 11.8 Å². The maximum atomic E-state index is 12.2. The lowest BCUT2D eigenvalue weighted by Gasteiger charge is -2.22. The maximum Gasteiger partial charge on any atom is 0.295 e. The molecule has 0 unspecified atom stereocenters. The molecule has 3 aromatic rings. The third-order valence-electron chi connectivity index (χ3n) is 4.00. The second kappa shape index (κ2) is 6.64. The average molecular weight is 366 g/mol. The van der Waals surface area contributed by atoms with E-state index in [0.717, 1.165) is 0 Å². The number of rotatable bonds is 2. The molecule has 2 aromatic heterocycles. The van der Waals surface area contributed by atoms with E-state index >= 15 is 0 Å². The zero-order valence-electron chi connectivity index (χ0n) is 15.0. The highest BCUT2D eigenvalue weighted by atomic mass is 16.3. The minimum Gasteiger partial charge on any atom is -0.494 e. The Bertz CT molecular complexity index is 1060. The van der Waals surface area contributed by atoms with Crippen LogP contribution in [0.25, 0.3) is 10.8 Å². The van der Waals surface area contributed by atoms with Gasteiger partial charge in [0.25, 0.3) is 11.8 Å². The third kappa shape index (κ3) is 3.41. The first-order valence-electron chi connectivity index (χ1n) is 8.17. The fourth-order valence-corrected chi connectivity index (χ4v) is 2.73. The Morgan fingerprint density at radius 1 is 0.889 bits per heavy atom. The molecule has 2 amide bonds. The Labute approximate surface area is 154 Å². The summed E-state index contributed by atoms with van der Waals surface area (Å²) in [5, 5.41) is 28.4. The van der Waals surface area contributed by atoms with Crippen molar-refractivity contribution in [1.29, 1.82) is 0 Å². The normalized spacial score (nSPS) is 12.0.